The Balaban J connectivity index is 2.73. The number of hydrogen-bond acceptors (Lipinski definition) is 3. The van der Waals surface area contributed by atoms with Crippen molar-refractivity contribution in [2.75, 3.05) is 0 Å². The van der Waals surface area contributed by atoms with Gasteiger partial charge in [0.15, 0.2) is 5.78 Å². The number of carbonyl (C=O) groups excluding carboxylic acids is 2. The number of ketones is 1. The lowest BCUT2D eigenvalue weighted by Gasteiger charge is -2.12. The molecule has 0 bridgehead atoms. The molecule has 7 heteroatoms. The molecule has 0 aliphatic carbocycles. The van der Waals surface area contributed by atoms with Gasteiger partial charge < -0.3 is 10.5 Å². The van der Waals surface area contributed by atoms with Gasteiger partial charge in [0.2, 0.25) is 0 Å². The maximum absolute atomic E-state index is 12.5. The average molecular weight is 303 g/mol. The van der Waals surface area contributed by atoms with Gasteiger partial charge in [-0.05, 0) is 38.0 Å². The zero-order valence-electron chi connectivity index (χ0n) is 11.7. The average Bonchev–Trinajstić information content (AvgIpc) is 2.33. The largest absolute Gasteiger partial charge is 0.447 e. The van der Waals surface area contributed by atoms with Crippen molar-refractivity contribution < 1.29 is 27.5 Å². The van der Waals surface area contributed by atoms with Gasteiger partial charge in [-0.2, -0.15) is 13.2 Å². The van der Waals surface area contributed by atoms with Crippen LogP contribution >= 0.6 is 0 Å². The Labute approximate surface area is 120 Å². The maximum atomic E-state index is 12.5. The van der Waals surface area contributed by atoms with E-state index in [2.05, 4.69) is 4.74 Å². The summed E-state index contributed by atoms with van der Waals surface area (Å²) in [5, 5.41) is 0. The standard InChI is InChI=1S/C14H16F3NO3/c1-8-7-10(14(15,16)17)4-5-11(8)12(19)6-3-9(2)21-13(18)20/h4-5,7,9H,3,6H2,1-2H3,(H2,18,20). The van der Waals surface area contributed by atoms with Crippen molar-refractivity contribution >= 4 is 11.9 Å². The molecule has 1 unspecified atom stereocenters. The van der Waals surface area contributed by atoms with Crippen molar-refractivity contribution in [2.24, 2.45) is 5.73 Å². The van der Waals surface area contributed by atoms with Crippen LogP contribution in [-0.4, -0.2) is 18.0 Å². The van der Waals surface area contributed by atoms with Gasteiger partial charge in [-0.3, -0.25) is 4.79 Å². The highest BCUT2D eigenvalue weighted by molar-refractivity contribution is 5.97. The Hall–Kier alpha value is -2.05. The fourth-order valence-corrected chi connectivity index (χ4v) is 1.88. The third-order valence-corrected chi connectivity index (χ3v) is 2.95. The minimum atomic E-state index is -4.43. The number of aryl methyl sites for hydroxylation is 1. The Morgan fingerprint density at radius 3 is 2.43 bits per heavy atom. The minimum absolute atomic E-state index is 0.0562. The number of carbonyl (C=O) groups is 2. The van der Waals surface area contributed by atoms with Crippen molar-refractivity contribution in [1.29, 1.82) is 0 Å². The van der Waals surface area contributed by atoms with Crippen LogP contribution in [-0.2, 0) is 10.9 Å². The first-order valence-electron chi connectivity index (χ1n) is 6.28. The van der Waals surface area contributed by atoms with E-state index in [1.54, 1.807) is 6.92 Å². The van der Waals surface area contributed by atoms with E-state index in [0.29, 0.717) is 0 Å². The molecule has 1 atom stereocenters. The van der Waals surface area contributed by atoms with E-state index >= 15 is 0 Å². The van der Waals surface area contributed by atoms with Crippen molar-refractivity contribution in [1.82, 2.24) is 0 Å². The van der Waals surface area contributed by atoms with E-state index in [1.165, 1.54) is 13.0 Å². The topological polar surface area (TPSA) is 69.4 Å². The van der Waals surface area contributed by atoms with Crippen molar-refractivity contribution in [3.63, 3.8) is 0 Å². The lowest BCUT2D eigenvalue weighted by atomic mass is 9.98. The molecule has 0 aliphatic heterocycles. The normalized spacial score (nSPS) is 12.8. The molecule has 1 aromatic rings. The molecule has 1 rings (SSSR count). The molecule has 0 saturated heterocycles. The van der Waals surface area contributed by atoms with Crippen LogP contribution in [0.4, 0.5) is 18.0 Å². The van der Waals surface area contributed by atoms with E-state index in [9.17, 15) is 22.8 Å². The van der Waals surface area contributed by atoms with Gasteiger partial charge in [-0.15, -0.1) is 0 Å². The van der Waals surface area contributed by atoms with E-state index < -0.39 is 23.9 Å². The number of ether oxygens (including phenoxy) is 1. The number of rotatable bonds is 5. The zero-order valence-corrected chi connectivity index (χ0v) is 11.7. The van der Waals surface area contributed by atoms with E-state index in [1.807, 2.05) is 0 Å². The van der Waals surface area contributed by atoms with Crippen LogP contribution in [0.5, 0.6) is 0 Å². The Morgan fingerprint density at radius 1 is 1.33 bits per heavy atom. The number of halogens is 3. The monoisotopic (exact) mass is 303 g/mol. The van der Waals surface area contributed by atoms with Crippen LogP contribution in [0.15, 0.2) is 18.2 Å². The highest BCUT2D eigenvalue weighted by atomic mass is 19.4. The number of nitrogens with two attached hydrogens (primary N) is 1. The first-order chi connectivity index (χ1) is 9.61. The lowest BCUT2D eigenvalue weighted by Crippen LogP contribution is -2.21. The molecule has 0 spiro atoms. The number of hydrogen-bond donors (Lipinski definition) is 1. The minimum Gasteiger partial charge on any atom is -0.447 e. The molecule has 0 aliphatic rings. The molecule has 0 fully saturated rings. The van der Waals surface area contributed by atoms with Crippen LogP contribution in [0.3, 0.4) is 0 Å². The summed E-state index contributed by atoms with van der Waals surface area (Å²) in [5.41, 5.74) is 4.54. The molecule has 0 saturated carbocycles. The van der Waals surface area contributed by atoms with Crippen LogP contribution in [0.25, 0.3) is 0 Å². The Kier molecular flexibility index (Phi) is 5.34. The number of alkyl halides is 3. The van der Waals surface area contributed by atoms with E-state index in [0.717, 1.165) is 12.1 Å². The number of benzene rings is 1. The van der Waals surface area contributed by atoms with Crippen LogP contribution < -0.4 is 5.73 Å². The number of amides is 1. The van der Waals surface area contributed by atoms with Crippen molar-refractivity contribution in [3.05, 3.63) is 34.9 Å². The smallest absolute Gasteiger partial charge is 0.416 e. The van der Waals surface area contributed by atoms with Crippen molar-refractivity contribution in [3.8, 4) is 0 Å². The highest BCUT2D eigenvalue weighted by Crippen LogP contribution is 2.30. The molecule has 4 nitrogen and oxygen atoms in total. The molecule has 21 heavy (non-hydrogen) atoms. The molecule has 0 radical (unpaired) electrons. The summed E-state index contributed by atoms with van der Waals surface area (Å²) in [6.07, 6.45) is -5.58. The van der Waals surface area contributed by atoms with Gasteiger partial charge in [0.1, 0.15) is 6.10 Å². The SMILES string of the molecule is Cc1cc(C(F)(F)F)ccc1C(=O)CCC(C)OC(N)=O. The summed E-state index contributed by atoms with van der Waals surface area (Å²) in [6.45, 7) is 3.03. The van der Waals surface area contributed by atoms with Gasteiger partial charge >= 0.3 is 12.3 Å². The maximum Gasteiger partial charge on any atom is 0.416 e. The van der Waals surface area contributed by atoms with E-state index in [-0.39, 0.29) is 29.8 Å². The molecule has 2 N–H and O–H groups in total. The molecule has 0 aromatic heterocycles. The Bertz CT molecular complexity index is 541. The molecular formula is C14H16F3NO3. The first kappa shape index (κ1) is 17.0. The van der Waals surface area contributed by atoms with Gasteiger partial charge in [0.05, 0.1) is 5.56 Å². The summed E-state index contributed by atoms with van der Waals surface area (Å²) >= 11 is 0. The molecule has 116 valence electrons. The third-order valence-electron chi connectivity index (χ3n) is 2.95. The van der Waals surface area contributed by atoms with Crippen LogP contribution in [0.1, 0.15) is 41.3 Å². The number of Topliss-reactive ketones (excluding diaryl/α,β-unsaturated/α-hetero) is 1. The lowest BCUT2D eigenvalue weighted by molar-refractivity contribution is -0.137. The predicted octanol–water partition coefficient (Wildman–Crippen LogP) is 3.46. The second kappa shape index (κ2) is 6.60. The predicted molar refractivity (Wildman–Crippen MR) is 69.9 cm³/mol. The van der Waals surface area contributed by atoms with Crippen LogP contribution in [0.2, 0.25) is 0 Å². The summed E-state index contributed by atoms with van der Waals surface area (Å²) in [7, 11) is 0. The van der Waals surface area contributed by atoms with Crippen molar-refractivity contribution in [2.45, 2.75) is 39.0 Å². The third kappa shape index (κ3) is 5.09. The fraction of sp³-hybridized carbons (Fsp3) is 0.429. The van der Waals surface area contributed by atoms with Gasteiger partial charge in [-0.25, -0.2) is 4.79 Å². The van der Waals surface area contributed by atoms with Crippen LogP contribution in [0, 0.1) is 6.92 Å². The van der Waals surface area contributed by atoms with Gasteiger partial charge in [-0.1, -0.05) is 6.07 Å². The molecular weight excluding hydrogens is 287 g/mol. The van der Waals surface area contributed by atoms with Gasteiger partial charge in [0, 0.05) is 12.0 Å². The second-order valence-electron chi connectivity index (χ2n) is 4.74. The highest BCUT2D eigenvalue weighted by Gasteiger charge is 2.31. The summed E-state index contributed by atoms with van der Waals surface area (Å²) in [5.74, 6) is -0.304. The second-order valence-corrected chi connectivity index (χ2v) is 4.74. The summed E-state index contributed by atoms with van der Waals surface area (Å²) in [4.78, 5) is 22.5. The zero-order chi connectivity index (χ0) is 16.2. The Morgan fingerprint density at radius 2 is 1.95 bits per heavy atom. The van der Waals surface area contributed by atoms with E-state index in [4.69, 9.17) is 5.73 Å². The first-order valence-corrected chi connectivity index (χ1v) is 6.28. The van der Waals surface area contributed by atoms with Gasteiger partial charge in [0.25, 0.3) is 0 Å². The molecule has 0 heterocycles. The fourth-order valence-electron chi connectivity index (χ4n) is 1.88. The quantitative estimate of drug-likeness (QED) is 0.847. The number of primary amides is 1. The molecule has 1 amide bonds. The summed E-state index contributed by atoms with van der Waals surface area (Å²) in [6, 6.07) is 2.99. The summed E-state index contributed by atoms with van der Waals surface area (Å²) < 4.78 is 42.3. The molecule has 1 aromatic carbocycles.